The number of ether oxygens (including phenoxy) is 1. The third-order valence-corrected chi connectivity index (χ3v) is 8.07. The summed E-state index contributed by atoms with van der Waals surface area (Å²) in [5, 5.41) is 16.2. The molecule has 5 rings (SSSR count). The molecule has 0 aliphatic heterocycles. The van der Waals surface area contributed by atoms with E-state index in [0.717, 1.165) is 47.3 Å². The number of fused-ring (bicyclic) bond motifs is 2. The second-order valence-electron chi connectivity index (χ2n) is 9.92. The van der Waals surface area contributed by atoms with E-state index in [1.165, 1.54) is 0 Å². The van der Waals surface area contributed by atoms with Gasteiger partial charge in [-0.15, -0.1) is 0 Å². The van der Waals surface area contributed by atoms with Crippen molar-refractivity contribution in [1.82, 2.24) is 9.88 Å². The molecule has 0 aliphatic rings. The molecule has 0 saturated heterocycles. The Balaban J connectivity index is 1.86. The van der Waals surface area contributed by atoms with E-state index in [2.05, 4.69) is 85.3 Å². The van der Waals surface area contributed by atoms with E-state index in [-0.39, 0.29) is 0 Å². The first-order valence-corrected chi connectivity index (χ1v) is 14.1. The summed E-state index contributed by atoms with van der Waals surface area (Å²) in [6, 6.07) is 30.7. The van der Waals surface area contributed by atoms with Crippen LogP contribution in [0.3, 0.4) is 0 Å². The molecule has 2 atom stereocenters. The average molecular weight is 634 g/mol. The van der Waals surface area contributed by atoms with Gasteiger partial charge < -0.3 is 14.7 Å². The third kappa shape index (κ3) is 5.23. The van der Waals surface area contributed by atoms with E-state index in [0.29, 0.717) is 18.8 Å². The van der Waals surface area contributed by atoms with Crippen LogP contribution < -0.4 is 4.74 Å². The van der Waals surface area contributed by atoms with Crippen LogP contribution >= 0.6 is 31.9 Å². The molecule has 4 aromatic carbocycles. The van der Waals surface area contributed by atoms with Gasteiger partial charge in [-0.2, -0.15) is 0 Å². The Labute approximate surface area is 240 Å². The summed E-state index contributed by atoms with van der Waals surface area (Å²) in [4.78, 5) is 7.00. The van der Waals surface area contributed by atoms with E-state index >= 15 is 0 Å². The minimum atomic E-state index is -1.29. The van der Waals surface area contributed by atoms with Gasteiger partial charge in [0.2, 0.25) is 5.88 Å². The van der Waals surface area contributed by atoms with Gasteiger partial charge in [0.25, 0.3) is 0 Å². The van der Waals surface area contributed by atoms with Gasteiger partial charge in [-0.1, -0.05) is 86.5 Å². The van der Waals surface area contributed by atoms with E-state index in [9.17, 15) is 5.11 Å². The van der Waals surface area contributed by atoms with Crippen molar-refractivity contribution < 1.29 is 9.84 Å². The first-order valence-electron chi connectivity index (χ1n) is 12.5. The number of methoxy groups -OCH3 is 1. The molecule has 0 spiro atoms. The Bertz CT molecular complexity index is 1590. The molecule has 0 radical (unpaired) electrons. The van der Waals surface area contributed by atoms with Crippen LogP contribution in [0.2, 0.25) is 0 Å². The van der Waals surface area contributed by atoms with Gasteiger partial charge in [-0.05, 0) is 78.8 Å². The maximum absolute atomic E-state index is 13.1. The van der Waals surface area contributed by atoms with Gasteiger partial charge >= 0.3 is 0 Å². The van der Waals surface area contributed by atoms with Gasteiger partial charge in [0.15, 0.2) is 0 Å². The zero-order chi connectivity index (χ0) is 26.9. The normalized spacial score (nSPS) is 14.1. The fraction of sp³-hybridized carbons (Fsp3) is 0.219. The first-order chi connectivity index (χ1) is 18.3. The lowest BCUT2D eigenvalue weighted by Gasteiger charge is -2.39. The van der Waals surface area contributed by atoms with Crippen molar-refractivity contribution in [1.29, 1.82) is 0 Å². The molecule has 1 N–H and O–H groups in total. The molecule has 0 amide bonds. The third-order valence-electron chi connectivity index (χ3n) is 7.12. The molecule has 0 aliphatic carbocycles. The van der Waals surface area contributed by atoms with Gasteiger partial charge in [0.05, 0.1) is 12.6 Å². The summed E-state index contributed by atoms with van der Waals surface area (Å²) < 4.78 is 7.80. The SMILES string of the molecule is COc1nc2ccc(Br)cc2cc1C(c1ccccc1)C(O)(CCN(C)C)c1cc(Br)cc2ccccc12. The number of halogens is 2. The maximum atomic E-state index is 13.1. The molecule has 5 aromatic rings. The lowest BCUT2D eigenvalue weighted by Crippen LogP contribution is -2.38. The summed E-state index contributed by atoms with van der Waals surface area (Å²) in [7, 11) is 5.71. The van der Waals surface area contributed by atoms with Crippen molar-refractivity contribution in [2.24, 2.45) is 0 Å². The number of hydrogen-bond acceptors (Lipinski definition) is 4. The zero-order valence-electron chi connectivity index (χ0n) is 21.7. The molecular weight excluding hydrogens is 604 g/mol. The minimum Gasteiger partial charge on any atom is -0.481 e. The highest BCUT2D eigenvalue weighted by atomic mass is 79.9. The number of aliphatic hydroxyl groups is 1. The summed E-state index contributed by atoms with van der Waals surface area (Å²) in [6.45, 7) is 0.690. The predicted octanol–water partition coefficient (Wildman–Crippen LogP) is 7.89. The fourth-order valence-electron chi connectivity index (χ4n) is 5.34. The molecule has 1 aromatic heterocycles. The van der Waals surface area contributed by atoms with E-state index in [1.54, 1.807) is 7.11 Å². The average Bonchev–Trinajstić information content (AvgIpc) is 2.91. The number of pyridine rings is 1. The first kappa shape index (κ1) is 26.8. The topological polar surface area (TPSA) is 45.6 Å². The number of nitrogens with zero attached hydrogens (tertiary/aromatic N) is 2. The largest absolute Gasteiger partial charge is 0.481 e. The van der Waals surface area contributed by atoms with Crippen LogP contribution in [-0.2, 0) is 5.60 Å². The van der Waals surface area contributed by atoms with E-state index in [1.807, 2.05) is 56.6 Å². The van der Waals surface area contributed by atoms with Crippen LogP contribution in [0, 0.1) is 0 Å². The van der Waals surface area contributed by atoms with Crippen LogP contribution in [0.15, 0.2) is 99.9 Å². The van der Waals surface area contributed by atoms with Crippen LogP contribution in [0.4, 0.5) is 0 Å². The summed E-state index contributed by atoms with van der Waals surface area (Å²) in [6.07, 6.45) is 0.500. The molecule has 0 fully saturated rings. The zero-order valence-corrected chi connectivity index (χ0v) is 24.8. The molecule has 4 nitrogen and oxygen atoms in total. The van der Waals surface area contributed by atoms with Crippen LogP contribution in [0.25, 0.3) is 21.7 Å². The fourth-order valence-corrected chi connectivity index (χ4v) is 6.19. The molecule has 194 valence electrons. The Morgan fingerprint density at radius 1 is 0.868 bits per heavy atom. The lowest BCUT2D eigenvalue weighted by atomic mass is 9.70. The Hall–Kier alpha value is -2.77. The number of aromatic nitrogens is 1. The predicted molar refractivity (Wildman–Crippen MR) is 163 cm³/mol. The highest BCUT2D eigenvalue weighted by Gasteiger charge is 2.43. The van der Waals surface area contributed by atoms with Gasteiger partial charge in [0.1, 0.15) is 5.60 Å². The quantitative estimate of drug-likeness (QED) is 0.189. The standard InChI is InChI=1S/C32H30Br2N2O2/c1-36(2)16-15-32(37,28-20-25(34)17-22-11-7-8-12-26(22)28)30(21-9-5-4-6-10-21)27-19-23-18-24(33)13-14-29(23)35-31(27)38-3/h4-14,17-20,30,37H,15-16H2,1-3H3. The lowest BCUT2D eigenvalue weighted by molar-refractivity contribution is 0.00515. The Kier molecular flexibility index (Phi) is 7.87. The smallest absolute Gasteiger partial charge is 0.217 e. The van der Waals surface area contributed by atoms with Crippen molar-refractivity contribution in [2.45, 2.75) is 17.9 Å². The van der Waals surface area contributed by atoms with Crippen molar-refractivity contribution in [3.05, 3.63) is 117 Å². The van der Waals surface area contributed by atoms with Crippen molar-refractivity contribution in [2.75, 3.05) is 27.7 Å². The molecule has 38 heavy (non-hydrogen) atoms. The maximum Gasteiger partial charge on any atom is 0.217 e. The van der Waals surface area contributed by atoms with Crippen LogP contribution in [-0.4, -0.2) is 42.7 Å². The summed E-state index contributed by atoms with van der Waals surface area (Å²) >= 11 is 7.33. The molecule has 6 heteroatoms. The van der Waals surface area contributed by atoms with Crippen molar-refractivity contribution >= 4 is 53.5 Å². The molecule has 2 unspecified atom stereocenters. The number of rotatable bonds is 8. The monoisotopic (exact) mass is 632 g/mol. The second kappa shape index (κ2) is 11.1. The van der Waals surface area contributed by atoms with E-state index < -0.39 is 11.5 Å². The molecule has 1 heterocycles. The molecule has 0 bridgehead atoms. The highest BCUT2D eigenvalue weighted by molar-refractivity contribution is 9.10. The van der Waals surface area contributed by atoms with Crippen molar-refractivity contribution in [3.63, 3.8) is 0 Å². The second-order valence-corrected chi connectivity index (χ2v) is 11.8. The minimum absolute atomic E-state index is 0.452. The van der Waals surface area contributed by atoms with Crippen LogP contribution in [0.1, 0.15) is 29.0 Å². The number of benzene rings is 4. The van der Waals surface area contributed by atoms with Crippen LogP contribution in [0.5, 0.6) is 5.88 Å². The van der Waals surface area contributed by atoms with Gasteiger partial charge in [0, 0.05) is 32.4 Å². The molecule has 0 saturated carbocycles. The van der Waals surface area contributed by atoms with Crippen molar-refractivity contribution in [3.8, 4) is 5.88 Å². The molecular formula is C32H30Br2N2O2. The summed E-state index contributed by atoms with van der Waals surface area (Å²) in [5.74, 6) is 0.0587. The Morgan fingerprint density at radius 2 is 1.58 bits per heavy atom. The highest BCUT2D eigenvalue weighted by Crippen LogP contribution is 2.49. The van der Waals surface area contributed by atoms with Gasteiger partial charge in [-0.3, -0.25) is 0 Å². The summed E-state index contributed by atoms with van der Waals surface area (Å²) in [5.41, 5.74) is 2.26. The van der Waals surface area contributed by atoms with E-state index in [4.69, 9.17) is 9.72 Å². The number of hydrogen-bond donors (Lipinski definition) is 1. The Morgan fingerprint density at radius 3 is 2.32 bits per heavy atom. The van der Waals surface area contributed by atoms with Gasteiger partial charge in [-0.25, -0.2) is 4.98 Å².